The van der Waals surface area contributed by atoms with Crippen molar-refractivity contribution in [3.8, 4) is 11.8 Å². The summed E-state index contributed by atoms with van der Waals surface area (Å²) in [6, 6.07) is 10.4. The largest absolute Gasteiger partial charge is 0.385 e. The number of para-hydroxylation sites is 1. The van der Waals surface area contributed by atoms with Gasteiger partial charge in [-0.15, -0.1) is 5.92 Å². The van der Waals surface area contributed by atoms with Crippen molar-refractivity contribution in [3.05, 3.63) is 53.1 Å². The third kappa shape index (κ3) is 19.4. The van der Waals surface area contributed by atoms with E-state index in [9.17, 15) is 14.4 Å². The smallest absolute Gasteiger partial charge is 0.156 e. The molecule has 290 valence electrons. The SMILES string of the molecule is CC.CC.CC.CC#CC1CCC2C3CCC4=CC(=O)CCC4=C3CCC12.CCCC=O.CCOC.CN(CCCCCC=O)c1ccccc1. The number of carbonyl (C=O) groups is 3. The van der Waals surface area contributed by atoms with Gasteiger partial charge in [-0.2, -0.15) is 0 Å². The van der Waals surface area contributed by atoms with E-state index in [1.165, 1.54) is 43.4 Å². The summed E-state index contributed by atoms with van der Waals surface area (Å²) in [7, 11) is 3.79. The molecular weight excluding hydrogens is 631 g/mol. The molecule has 5 nitrogen and oxygen atoms in total. The summed E-state index contributed by atoms with van der Waals surface area (Å²) in [6.07, 6.45) is 19.1. The number of rotatable bonds is 10. The number of hydrogen-bond donors (Lipinski definition) is 0. The number of aldehydes is 2. The molecule has 0 radical (unpaired) electrons. The van der Waals surface area contributed by atoms with Crippen LogP contribution in [0.4, 0.5) is 5.69 Å². The number of allylic oxidation sites excluding steroid dienone is 4. The van der Waals surface area contributed by atoms with Gasteiger partial charge in [-0.3, -0.25) is 4.79 Å². The summed E-state index contributed by atoms with van der Waals surface area (Å²) >= 11 is 0. The number of benzene rings is 1. The molecule has 0 saturated heterocycles. The van der Waals surface area contributed by atoms with Gasteiger partial charge in [0, 0.05) is 58.2 Å². The fourth-order valence-electron chi connectivity index (χ4n) is 7.25. The molecule has 4 aliphatic rings. The highest BCUT2D eigenvalue weighted by Crippen LogP contribution is 2.55. The average Bonchev–Trinajstić information content (AvgIpc) is 3.61. The van der Waals surface area contributed by atoms with E-state index in [0.29, 0.717) is 24.5 Å². The van der Waals surface area contributed by atoms with Gasteiger partial charge in [0.05, 0.1) is 0 Å². The Morgan fingerprint density at radius 3 is 2.00 bits per heavy atom. The van der Waals surface area contributed by atoms with Crippen LogP contribution in [0.2, 0.25) is 0 Å². The Balaban J connectivity index is 0. The third-order valence-corrected chi connectivity index (χ3v) is 9.58. The average molecular weight is 708 g/mol. The molecule has 2 saturated carbocycles. The molecule has 2 fully saturated rings. The van der Waals surface area contributed by atoms with Gasteiger partial charge in [-0.25, -0.2) is 0 Å². The van der Waals surface area contributed by atoms with Crippen molar-refractivity contribution >= 4 is 24.0 Å². The van der Waals surface area contributed by atoms with Crippen LogP contribution in [0.25, 0.3) is 0 Å². The summed E-state index contributed by atoms with van der Waals surface area (Å²) < 4.78 is 4.54. The Kier molecular flexibility index (Phi) is 33.6. The molecule has 1 aromatic rings. The van der Waals surface area contributed by atoms with Crippen molar-refractivity contribution in [1.82, 2.24) is 0 Å². The molecule has 0 aliphatic heterocycles. The second-order valence-corrected chi connectivity index (χ2v) is 12.5. The van der Waals surface area contributed by atoms with Crippen LogP contribution in [0.15, 0.2) is 53.1 Å². The lowest BCUT2D eigenvalue weighted by molar-refractivity contribution is -0.115. The van der Waals surface area contributed by atoms with E-state index in [2.05, 4.69) is 52.8 Å². The Bertz CT molecular complexity index is 1140. The van der Waals surface area contributed by atoms with Crippen LogP contribution >= 0.6 is 0 Å². The molecule has 0 spiro atoms. The molecule has 1 aromatic carbocycles. The van der Waals surface area contributed by atoms with Gasteiger partial charge < -0.3 is 19.2 Å². The van der Waals surface area contributed by atoms with Gasteiger partial charge in [0.2, 0.25) is 0 Å². The van der Waals surface area contributed by atoms with Gasteiger partial charge in [-0.05, 0) is 125 Å². The Morgan fingerprint density at radius 2 is 1.45 bits per heavy atom. The summed E-state index contributed by atoms with van der Waals surface area (Å²) in [5, 5.41) is 0. The number of hydrogen-bond acceptors (Lipinski definition) is 5. The number of ether oxygens (including phenoxy) is 1. The normalized spacial score (nSPS) is 20.2. The number of unbranched alkanes of at least 4 members (excludes halogenated alkanes) is 4. The highest BCUT2D eigenvalue weighted by Gasteiger charge is 2.45. The number of ketones is 1. The summed E-state index contributed by atoms with van der Waals surface area (Å²) in [6.45, 7) is 19.8. The maximum absolute atomic E-state index is 11.7. The molecule has 5 heteroatoms. The van der Waals surface area contributed by atoms with E-state index >= 15 is 0 Å². The number of carbonyl (C=O) groups excluding carboxylic acids is 3. The Labute approximate surface area is 315 Å². The zero-order valence-electron chi connectivity index (χ0n) is 34.8. The quantitative estimate of drug-likeness (QED) is 0.138. The molecule has 51 heavy (non-hydrogen) atoms. The lowest BCUT2D eigenvalue weighted by Crippen LogP contribution is -2.32. The lowest BCUT2D eigenvalue weighted by Gasteiger charge is -2.42. The minimum absolute atomic E-state index is 0.348. The summed E-state index contributed by atoms with van der Waals surface area (Å²) in [5.41, 5.74) is 5.98. The van der Waals surface area contributed by atoms with Crippen LogP contribution < -0.4 is 4.90 Å². The summed E-state index contributed by atoms with van der Waals surface area (Å²) in [5.74, 6) is 10.2. The first-order valence-corrected chi connectivity index (χ1v) is 20.5. The number of methoxy groups -OCH3 is 1. The first kappa shape index (κ1) is 50.1. The van der Waals surface area contributed by atoms with Gasteiger partial charge >= 0.3 is 0 Å². The van der Waals surface area contributed by atoms with Gasteiger partial charge in [0.25, 0.3) is 0 Å². The van der Waals surface area contributed by atoms with Crippen molar-refractivity contribution < 1.29 is 19.1 Å². The van der Waals surface area contributed by atoms with Crippen molar-refractivity contribution in [3.63, 3.8) is 0 Å². The molecule has 0 amide bonds. The third-order valence-electron chi connectivity index (χ3n) is 9.58. The van der Waals surface area contributed by atoms with Crippen molar-refractivity contribution in [2.24, 2.45) is 23.7 Å². The number of anilines is 1. The topological polar surface area (TPSA) is 63.7 Å². The number of nitrogens with zero attached hydrogens (tertiary/aromatic N) is 1. The molecule has 0 heterocycles. The second-order valence-electron chi connectivity index (χ2n) is 12.5. The van der Waals surface area contributed by atoms with Gasteiger partial charge in [0.15, 0.2) is 5.78 Å². The maximum atomic E-state index is 11.7. The first-order valence-electron chi connectivity index (χ1n) is 20.5. The summed E-state index contributed by atoms with van der Waals surface area (Å²) in [4.78, 5) is 33.4. The molecule has 4 unspecified atom stereocenters. The fourth-order valence-corrected chi connectivity index (χ4v) is 7.25. The van der Waals surface area contributed by atoms with Crippen LogP contribution in [0, 0.1) is 35.5 Å². The predicted octanol–water partition coefficient (Wildman–Crippen LogP) is 12.0. The first-order chi connectivity index (χ1) is 24.9. The zero-order chi connectivity index (χ0) is 38.9. The van der Waals surface area contributed by atoms with Crippen molar-refractivity contribution in [2.45, 2.75) is 152 Å². The standard InChI is InChI=1S/C20H24O.C13H19NO.C4H8O.C3H8O.3C2H6/c1-2-3-13-4-7-18-16(13)10-11-19-17-9-6-15(21)12-14(17)5-8-20(18)19;1-14(11-7-2-3-8-12-15)13-9-5-4-6-10-13;1-2-3-4-5;1-3-4-2;3*1-2/h12-13,16,18,20H,4-11H2,1H3;4-6,9-10,12H,2-3,7-8,11H2,1H3;4H,2-3H2,1H3;3H2,1-2H3;3*1-2H3. The van der Waals surface area contributed by atoms with E-state index in [-0.39, 0.29) is 0 Å². The second kappa shape index (κ2) is 34.1. The molecule has 4 atom stereocenters. The van der Waals surface area contributed by atoms with Crippen LogP contribution in [-0.2, 0) is 19.1 Å². The van der Waals surface area contributed by atoms with Crippen LogP contribution in [0.1, 0.15) is 152 Å². The number of fused-ring (bicyclic) bond motifs is 4. The zero-order valence-corrected chi connectivity index (χ0v) is 34.8. The van der Waals surface area contributed by atoms with E-state index in [4.69, 9.17) is 0 Å². The Morgan fingerprint density at radius 1 is 0.804 bits per heavy atom. The molecule has 0 bridgehead atoms. The Hall–Kier alpha value is -2.97. The van der Waals surface area contributed by atoms with E-state index in [1.54, 1.807) is 18.3 Å². The molecular formula is C46H77NO4. The molecule has 5 rings (SSSR count). The maximum Gasteiger partial charge on any atom is 0.156 e. The van der Waals surface area contributed by atoms with Crippen LogP contribution in [0.5, 0.6) is 0 Å². The van der Waals surface area contributed by atoms with E-state index in [0.717, 1.165) is 88.4 Å². The molecule has 0 aromatic heterocycles. The highest BCUT2D eigenvalue weighted by atomic mass is 16.5. The minimum atomic E-state index is 0.348. The van der Waals surface area contributed by atoms with Crippen molar-refractivity contribution in [1.29, 1.82) is 0 Å². The highest BCUT2D eigenvalue weighted by molar-refractivity contribution is 5.93. The lowest BCUT2D eigenvalue weighted by atomic mass is 9.62. The van der Waals surface area contributed by atoms with Gasteiger partial charge in [-0.1, -0.05) is 84.6 Å². The van der Waals surface area contributed by atoms with Gasteiger partial charge in [0.1, 0.15) is 12.6 Å². The van der Waals surface area contributed by atoms with E-state index in [1.807, 2.05) is 74.5 Å². The molecule has 4 aliphatic carbocycles. The molecule has 0 N–H and O–H groups in total. The van der Waals surface area contributed by atoms with Crippen LogP contribution in [-0.4, -0.2) is 45.7 Å². The van der Waals surface area contributed by atoms with Crippen LogP contribution in [0.3, 0.4) is 0 Å². The minimum Gasteiger partial charge on any atom is -0.385 e. The predicted molar refractivity (Wildman–Crippen MR) is 221 cm³/mol. The monoisotopic (exact) mass is 708 g/mol. The van der Waals surface area contributed by atoms with Crippen molar-refractivity contribution in [2.75, 3.05) is 32.2 Å². The van der Waals surface area contributed by atoms with E-state index < -0.39 is 0 Å². The fraction of sp³-hybridized carbons (Fsp3) is 0.674.